The van der Waals surface area contributed by atoms with Crippen LogP contribution in [0.25, 0.3) is 12.2 Å². The molecule has 0 atom stereocenters. The zero-order valence-corrected chi connectivity index (χ0v) is 11.5. The Morgan fingerprint density at radius 2 is 2.05 bits per heavy atom. The van der Waals surface area contributed by atoms with Gasteiger partial charge in [-0.05, 0) is 36.8 Å². The fourth-order valence-corrected chi connectivity index (χ4v) is 2.18. The molecular formula is C17H14FNO2. The standard InChI is InChI=1S/C17H14FNO2/c1-11-2-6-14(18)13(8-11)5-3-12-4-7-16-15(9-12)19-17(20)10-21-16/h2-9H,10H2,1H3,(H,19,20). The van der Waals surface area contributed by atoms with Crippen molar-refractivity contribution in [1.82, 2.24) is 0 Å². The van der Waals surface area contributed by atoms with Gasteiger partial charge in [-0.25, -0.2) is 4.39 Å². The zero-order chi connectivity index (χ0) is 14.8. The largest absolute Gasteiger partial charge is 0.482 e. The second-order valence-electron chi connectivity index (χ2n) is 4.95. The van der Waals surface area contributed by atoms with E-state index in [9.17, 15) is 9.18 Å². The fraction of sp³-hybridized carbons (Fsp3) is 0.118. The summed E-state index contributed by atoms with van der Waals surface area (Å²) in [4.78, 5) is 11.3. The Hall–Kier alpha value is -2.62. The van der Waals surface area contributed by atoms with Crippen LogP contribution >= 0.6 is 0 Å². The topological polar surface area (TPSA) is 38.3 Å². The summed E-state index contributed by atoms with van der Waals surface area (Å²) >= 11 is 0. The monoisotopic (exact) mass is 283 g/mol. The molecule has 0 fully saturated rings. The average molecular weight is 283 g/mol. The number of fused-ring (bicyclic) bond motifs is 1. The van der Waals surface area contributed by atoms with Gasteiger partial charge < -0.3 is 10.1 Å². The molecule has 2 aromatic carbocycles. The lowest BCUT2D eigenvalue weighted by Crippen LogP contribution is -2.25. The first-order chi connectivity index (χ1) is 10.1. The lowest BCUT2D eigenvalue weighted by Gasteiger charge is -2.17. The first kappa shape index (κ1) is 13.4. The summed E-state index contributed by atoms with van der Waals surface area (Å²) in [6.07, 6.45) is 3.52. The molecule has 1 N–H and O–H groups in total. The fourth-order valence-electron chi connectivity index (χ4n) is 2.18. The molecule has 2 aromatic rings. The molecule has 1 heterocycles. The average Bonchev–Trinajstić information content (AvgIpc) is 2.47. The molecular weight excluding hydrogens is 269 g/mol. The first-order valence-corrected chi connectivity index (χ1v) is 6.63. The van der Waals surface area contributed by atoms with Crippen molar-refractivity contribution in [2.24, 2.45) is 0 Å². The Morgan fingerprint density at radius 1 is 1.19 bits per heavy atom. The van der Waals surface area contributed by atoms with Crippen molar-refractivity contribution < 1.29 is 13.9 Å². The number of carbonyl (C=O) groups excluding carboxylic acids is 1. The van der Waals surface area contributed by atoms with Crippen molar-refractivity contribution in [3.8, 4) is 5.75 Å². The summed E-state index contributed by atoms with van der Waals surface area (Å²) < 4.78 is 19.0. The third-order valence-corrected chi connectivity index (χ3v) is 3.24. The van der Waals surface area contributed by atoms with Gasteiger partial charge in [-0.15, -0.1) is 0 Å². The number of ether oxygens (including phenoxy) is 1. The highest BCUT2D eigenvalue weighted by molar-refractivity contribution is 5.95. The van der Waals surface area contributed by atoms with Crippen LogP contribution in [-0.4, -0.2) is 12.5 Å². The Balaban J connectivity index is 1.88. The van der Waals surface area contributed by atoms with Crippen molar-refractivity contribution in [3.63, 3.8) is 0 Å². The number of hydrogen-bond acceptors (Lipinski definition) is 2. The smallest absolute Gasteiger partial charge is 0.262 e. The summed E-state index contributed by atoms with van der Waals surface area (Å²) in [6.45, 7) is 1.96. The van der Waals surface area contributed by atoms with E-state index in [1.165, 1.54) is 6.07 Å². The molecule has 3 nitrogen and oxygen atoms in total. The highest BCUT2D eigenvalue weighted by atomic mass is 19.1. The van der Waals surface area contributed by atoms with E-state index in [1.807, 2.05) is 13.0 Å². The van der Waals surface area contributed by atoms with E-state index in [0.717, 1.165) is 11.1 Å². The van der Waals surface area contributed by atoms with Crippen LogP contribution in [0.2, 0.25) is 0 Å². The maximum absolute atomic E-state index is 13.7. The minimum Gasteiger partial charge on any atom is -0.482 e. The molecule has 21 heavy (non-hydrogen) atoms. The van der Waals surface area contributed by atoms with E-state index in [0.29, 0.717) is 17.0 Å². The highest BCUT2D eigenvalue weighted by Gasteiger charge is 2.15. The predicted octanol–water partition coefficient (Wildman–Crippen LogP) is 3.64. The van der Waals surface area contributed by atoms with Gasteiger partial charge in [-0.2, -0.15) is 0 Å². The quantitative estimate of drug-likeness (QED) is 0.855. The zero-order valence-electron chi connectivity index (χ0n) is 11.5. The van der Waals surface area contributed by atoms with Crippen molar-refractivity contribution >= 4 is 23.7 Å². The molecule has 3 rings (SSSR count). The van der Waals surface area contributed by atoms with Crippen molar-refractivity contribution in [3.05, 3.63) is 58.9 Å². The van der Waals surface area contributed by atoms with Gasteiger partial charge in [-0.3, -0.25) is 4.79 Å². The molecule has 0 saturated heterocycles. The Morgan fingerprint density at radius 3 is 2.90 bits per heavy atom. The van der Waals surface area contributed by atoms with Crippen LogP contribution in [0.3, 0.4) is 0 Å². The van der Waals surface area contributed by atoms with Gasteiger partial charge in [0.2, 0.25) is 0 Å². The number of nitrogens with one attached hydrogen (secondary N) is 1. The van der Waals surface area contributed by atoms with Crippen LogP contribution in [0.5, 0.6) is 5.75 Å². The SMILES string of the molecule is Cc1ccc(F)c(C=Cc2ccc3c(c2)NC(=O)CO3)c1. The molecule has 1 aliphatic heterocycles. The van der Waals surface area contributed by atoms with Gasteiger partial charge in [0.25, 0.3) is 5.91 Å². The molecule has 0 spiro atoms. The molecule has 4 heteroatoms. The number of aryl methyl sites for hydroxylation is 1. The maximum atomic E-state index is 13.7. The summed E-state index contributed by atoms with van der Waals surface area (Å²) in [7, 11) is 0. The number of anilines is 1. The Labute approximate surface area is 122 Å². The summed E-state index contributed by atoms with van der Waals surface area (Å²) in [5.41, 5.74) is 3.04. The van der Waals surface area contributed by atoms with Gasteiger partial charge in [0, 0.05) is 5.56 Å². The van der Waals surface area contributed by atoms with Gasteiger partial charge in [0.15, 0.2) is 6.61 Å². The summed E-state index contributed by atoms with van der Waals surface area (Å²) in [5, 5.41) is 2.75. The van der Waals surface area contributed by atoms with Crippen LogP contribution < -0.4 is 10.1 Å². The second kappa shape index (κ2) is 5.40. The van der Waals surface area contributed by atoms with E-state index in [1.54, 1.807) is 36.4 Å². The normalized spacial score (nSPS) is 13.7. The highest BCUT2D eigenvalue weighted by Crippen LogP contribution is 2.29. The van der Waals surface area contributed by atoms with E-state index in [2.05, 4.69) is 5.32 Å². The molecule has 106 valence electrons. The van der Waals surface area contributed by atoms with Crippen LogP contribution in [-0.2, 0) is 4.79 Å². The number of benzene rings is 2. The lowest BCUT2D eigenvalue weighted by atomic mass is 10.1. The van der Waals surface area contributed by atoms with Crippen molar-refractivity contribution in [1.29, 1.82) is 0 Å². The Kier molecular flexibility index (Phi) is 3.44. The molecule has 1 aliphatic rings. The van der Waals surface area contributed by atoms with Gasteiger partial charge in [-0.1, -0.05) is 29.8 Å². The lowest BCUT2D eigenvalue weighted by molar-refractivity contribution is -0.118. The van der Waals surface area contributed by atoms with Crippen LogP contribution in [0, 0.1) is 12.7 Å². The third kappa shape index (κ3) is 2.94. The van der Waals surface area contributed by atoms with E-state index >= 15 is 0 Å². The first-order valence-electron chi connectivity index (χ1n) is 6.63. The minimum absolute atomic E-state index is 0.0384. The number of carbonyl (C=O) groups is 1. The molecule has 0 radical (unpaired) electrons. The molecule has 1 amide bonds. The van der Waals surface area contributed by atoms with Crippen LogP contribution in [0.4, 0.5) is 10.1 Å². The minimum atomic E-state index is -0.258. The summed E-state index contributed by atoms with van der Waals surface area (Å²) in [5.74, 6) is 0.216. The van der Waals surface area contributed by atoms with Crippen molar-refractivity contribution in [2.45, 2.75) is 6.92 Å². The summed E-state index contributed by atoms with van der Waals surface area (Å²) in [6, 6.07) is 10.4. The maximum Gasteiger partial charge on any atom is 0.262 e. The van der Waals surface area contributed by atoms with Gasteiger partial charge in [0.1, 0.15) is 11.6 Å². The number of rotatable bonds is 2. The number of hydrogen-bond donors (Lipinski definition) is 1. The molecule has 0 saturated carbocycles. The molecule has 0 aliphatic carbocycles. The third-order valence-electron chi connectivity index (χ3n) is 3.24. The second-order valence-corrected chi connectivity index (χ2v) is 4.95. The van der Waals surface area contributed by atoms with Gasteiger partial charge >= 0.3 is 0 Å². The Bertz CT molecular complexity index is 738. The molecule has 0 unspecified atom stereocenters. The van der Waals surface area contributed by atoms with E-state index in [4.69, 9.17) is 4.74 Å². The number of amides is 1. The van der Waals surface area contributed by atoms with Crippen LogP contribution in [0.1, 0.15) is 16.7 Å². The predicted molar refractivity (Wildman–Crippen MR) is 80.6 cm³/mol. The van der Waals surface area contributed by atoms with Crippen molar-refractivity contribution in [2.75, 3.05) is 11.9 Å². The van der Waals surface area contributed by atoms with Gasteiger partial charge in [0.05, 0.1) is 5.69 Å². The van der Waals surface area contributed by atoms with E-state index < -0.39 is 0 Å². The molecule has 0 aromatic heterocycles. The molecule has 0 bridgehead atoms. The van der Waals surface area contributed by atoms with Crippen LogP contribution in [0.15, 0.2) is 36.4 Å². The van der Waals surface area contributed by atoms with E-state index in [-0.39, 0.29) is 18.3 Å². The number of halogens is 1.